The van der Waals surface area contributed by atoms with E-state index in [-0.39, 0.29) is 17.6 Å². The smallest absolute Gasteiger partial charge is 0.235 e. The molecule has 26 heavy (non-hydrogen) atoms. The van der Waals surface area contributed by atoms with Gasteiger partial charge in [-0.3, -0.25) is 14.5 Å². The Morgan fingerprint density at radius 2 is 2.12 bits per heavy atom. The lowest BCUT2D eigenvalue weighted by Gasteiger charge is -2.34. The van der Waals surface area contributed by atoms with Crippen molar-refractivity contribution in [2.75, 3.05) is 43.0 Å². The molecule has 0 bridgehead atoms. The molecule has 2 amide bonds. The van der Waals surface area contributed by atoms with Crippen LogP contribution in [0.1, 0.15) is 10.6 Å². The Morgan fingerprint density at radius 1 is 1.31 bits per heavy atom. The first-order chi connectivity index (χ1) is 12.6. The third-order valence-electron chi connectivity index (χ3n) is 4.04. The number of nitrogens with one attached hydrogen (secondary N) is 1. The fraction of sp³-hybridized carbons (Fsp3) is 0.471. The Morgan fingerprint density at radius 3 is 2.77 bits per heavy atom. The molecule has 9 heteroatoms. The van der Waals surface area contributed by atoms with Crippen LogP contribution in [-0.4, -0.2) is 64.5 Å². The highest BCUT2D eigenvalue weighted by Gasteiger charge is 2.21. The molecule has 3 rings (SSSR count). The Kier molecular flexibility index (Phi) is 6.70. The predicted molar refractivity (Wildman–Crippen MR) is 103 cm³/mol. The number of aromatic nitrogens is 1. The second-order valence-electron chi connectivity index (χ2n) is 6.10. The van der Waals surface area contributed by atoms with E-state index in [1.54, 1.807) is 24.3 Å². The Balaban J connectivity index is 1.32. The van der Waals surface area contributed by atoms with Crippen LogP contribution in [-0.2, 0) is 16.1 Å². The van der Waals surface area contributed by atoms with E-state index >= 15 is 0 Å². The van der Waals surface area contributed by atoms with Crippen molar-refractivity contribution in [1.82, 2.24) is 15.0 Å². The minimum atomic E-state index is -0.183. The van der Waals surface area contributed by atoms with E-state index in [0.717, 1.165) is 32.7 Å². The van der Waals surface area contributed by atoms with Gasteiger partial charge in [0.05, 0.1) is 11.5 Å². The van der Waals surface area contributed by atoms with Crippen molar-refractivity contribution in [1.29, 1.82) is 0 Å². The normalized spacial score (nSPS) is 15.2. The molecule has 7 nitrogen and oxygen atoms in total. The van der Waals surface area contributed by atoms with Crippen LogP contribution in [0.2, 0.25) is 0 Å². The first kappa shape index (κ1) is 18.9. The van der Waals surface area contributed by atoms with E-state index in [0.29, 0.717) is 17.3 Å². The zero-order valence-electron chi connectivity index (χ0n) is 14.6. The summed E-state index contributed by atoms with van der Waals surface area (Å²) in [5.41, 5.74) is 0. The van der Waals surface area contributed by atoms with E-state index in [2.05, 4.69) is 32.9 Å². The second-order valence-corrected chi connectivity index (χ2v) is 8.12. The molecule has 1 saturated heterocycles. The van der Waals surface area contributed by atoms with Gasteiger partial charge in [0.1, 0.15) is 5.76 Å². The Hall–Kier alpha value is -1.84. The highest BCUT2D eigenvalue weighted by atomic mass is 32.2. The van der Waals surface area contributed by atoms with E-state index in [9.17, 15) is 9.59 Å². The van der Waals surface area contributed by atoms with E-state index in [1.165, 1.54) is 16.6 Å². The molecule has 1 fully saturated rings. The van der Waals surface area contributed by atoms with Crippen molar-refractivity contribution < 1.29 is 14.1 Å². The molecule has 0 radical (unpaired) electrons. The van der Waals surface area contributed by atoms with Crippen molar-refractivity contribution in [3.8, 4) is 0 Å². The lowest BCUT2D eigenvalue weighted by molar-refractivity contribution is -0.130. The quantitative estimate of drug-likeness (QED) is 0.774. The van der Waals surface area contributed by atoms with Crippen LogP contribution in [0.15, 0.2) is 28.1 Å². The fourth-order valence-corrected chi connectivity index (χ4v) is 4.17. The summed E-state index contributed by atoms with van der Waals surface area (Å²) in [5.74, 6) is 1.49. The summed E-state index contributed by atoms with van der Waals surface area (Å²) in [6.07, 6.45) is 0. The molecule has 1 aliphatic heterocycles. The number of piperazine rings is 1. The Bertz CT molecular complexity index is 724. The number of thioether (sulfide) groups is 1. The SMILES string of the molecule is Cc1cc(NC(=O)CSCC(=O)N2CCN(Cc3cccs3)CC2)no1. The van der Waals surface area contributed by atoms with E-state index in [1.807, 2.05) is 4.90 Å². The minimum absolute atomic E-state index is 0.0934. The standard InChI is InChI=1S/C17H22N4O3S2/c1-13-9-15(19-24-13)18-16(22)11-25-12-17(23)21-6-4-20(5-7-21)10-14-3-2-8-26-14/h2-3,8-9H,4-7,10-12H2,1H3,(H,18,19,22). The van der Waals surface area contributed by atoms with Gasteiger partial charge in [0.2, 0.25) is 11.8 Å². The van der Waals surface area contributed by atoms with E-state index < -0.39 is 0 Å². The number of nitrogens with zero attached hydrogens (tertiary/aromatic N) is 3. The number of anilines is 1. The summed E-state index contributed by atoms with van der Waals surface area (Å²) in [5, 5.41) is 8.45. The van der Waals surface area contributed by atoms with Crippen LogP contribution in [0.5, 0.6) is 0 Å². The maximum absolute atomic E-state index is 12.3. The molecule has 2 aromatic rings. The molecular formula is C17H22N4O3S2. The van der Waals surface area contributed by atoms with Crippen LogP contribution >= 0.6 is 23.1 Å². The van der Waals surface area contributed by atoms with Crippen molar-refractivity contribution in [2.45, 2.75) is 13.5 Å². The topological polar surface area (TPSA) is 78.7 Å². The van der Waals surface area contributed by atoms with Gasteiger partial charge in [-0.25, -0.2) is 0 Å². The molecule has 0 unspecified atom stereocenters. The lowest BCUT2D eigenvalue weighted by atomic mass is 10.3. The highest BCUT2D eigenvalue weighted by Crippen LogP contribution is 2.14. The zero-order valence-corrected chi connectivity index (χ0v) is 16.3. The predicted octanol–water partition coefficient (Wildman–Crippen LogP) is 2.06. The lowest BCUT2D eigenvalue weighted by Crippen LogP contribution is -2.48. The van der Waals surface area contributed by atoms with Crippen LogP contribution in [0.4, 0.5) is 5.82 Å². The highest BCUT2D eigenvalue weighted by molar-refractivity contribution is 8.00. The first-order valence-corrected chi connectivity index (χ1v) is 10.5. The zero-order chi connectivity index (χ0) is 18.4. The van der Waals surface area contributed by atoms with E-state index in [4.69, 9.17) is 4.52 Å². The third kappa shape index (κ3) is 5.58. The largest absolute Gasteiger partial charge is 0.360 e. The molecule has 0 spiro atoms. The number of amides is 2. The number of carbonyl (C=O) groups excluding carboxylic acids is 2. The third-order valence-corrected chi connectivity index (χ3v) is 5.82. The van der Waals surface area contributed by atoms with Crippen molar-refractivity contribution in [3.05, 3.63) is 34.2 Å². The molecule has 1 N–H and O–H groups in total. The monoisotopic (exact) mass is 394 g/mol. The molecule has 0 aliphatic carbocycles. The van der Waals surface area contributed by atoms with Crippen molar-refractivity contribution in [3.63, 3.8) is 0 Å². The fourth-order valence-electron chi connectivity index (χ4n) is 2.70. The first-order valence-electron chi connectivity index (χ1n) is 8.43. The van der Waals surface area contributed by atoms with Crippen molar-refractivity contribution >= 4 is 40.7 Å². The second kappa shape index (κ2) is 9.20. The number of thiophene rings is 1. The molecule has 0 aromatic carbocycles. The van der Waals surface area contributed by atoms with Crippen molar-refractivity contribution in [2.24, 2.45) is 0 Å². The average Bonchev–Trinajstić information content (AvgIpc) is 3.27. The summed E-state index contributed by atoms with van der Waals surface area (Å²) in [6.45, 7) is 5.98. The van der Waals surface area contributed by atoms with Crippen LogP contribution in [0.25, 0.3) is 0 Å². The van der Waals surface area contributed by atoms with Gasteiger partial charge in [0, 0.05) is 43.7 Å². The number of hydrogen-bond acceptors (Lipinski definition) is 7. The van der Waals surface area contributed by atoms with Gasteiger partial charge in [0.15, 0.2) is 5.82 Å². The molecule has 0 saturated carbocycles. The van der Waals surface area contributed by atoms with Crippen LogP contribution in [0, 0.1) is 6.92 Å². The number of hydrogen-bond donors (Lipinski definition) is 1. The van der Waals surface area contributed by atoms with Crippen LogP contribution < -0.4 is 5.32 Å². The molecule has 140 valence electrons. The summed E-state index contributed by atoms with van der Waals surface area (Å²) in [6, 6.07) is 5.87. The van der Waals surface area contributed by atoms with Gasteiger partial charge in [-0.2, -0.15) is 0 Å². The van der Waals surface area contributed by atoms with Gasteiger partial charge in [-0.1, -0.05) is 11.2 Å². The van der Waals surface area contributed by atoms with Gasteiger partial charge >= 0.3 is 0 Å². The number of rotatable bonds is 7. The van der Waals surface area contributed by atoms with Gasteiger partial charge in [-0.15, -0.1) is 23.1 Å². The van der Waals surface area contributed by atoms with Gasteiger partial charge in [0.25, 0.3) is 0 Å². The number of aryl methyl sites for hydroxylation is 1. The Labute approximate surface area is 160 Å². The molecule has 0 atom stereocenters. The summed E-state index contributed by atoms with van der Waals surface area (Å²) in [4.78, 5) is 29.7. The summed E-state index contributed by atoms with van der Waals surface area (Å²) >= 11 is 3.09. The minimum Gasteiger partial charge on any atom is -0.360 e. The van der Waals surface area contributed by atoms with Gasteiger partial charge < -0.3 is 14.7 Å². The maximum atomic E-state index is 12.3. The molecule has 1 aliphatic rings. The van der Waals surface area contributed by atoms with Gasteiger partial charge in [-0.05, 0) is 18.4 Å². The van der Waals surface area contributed by atoms with Crippen LogP contribution in [0.3, 0.4) is 0 Å². The summed E-state index contributed by atoms with van der Waals surface area (Å²) < 4.78 is 4.89. The maximum Gasteiger partial charge on any atom is 0.235 e. The number of carbonyl (C=O) groups is 2. The molecule has 3 heterocycles. The summed E-state index contributed by atoms with van der Waals surface area (Å²) in [7, 11) is 0. The molecular weight excluding hydrogens is 372 g/mol. The average molecular weight is 395 g/mol. The molecule has 2 aromatic heterocycles.